The molecule has 146 valence electrons. The lowest BCUT2D eigenvalue weighted by atomic mass is 9.87. The van der Waals surface area contributed by atoms with Crippen LogP contribution < -0.4 is 5.32 Å². The van der Waals surface area contributed by atoms with Gasteiger partial charge in [-0.2, -0.15) is 0 Å². The summed E-state index contributed by atoms with van der Waals surface area (Å²) in [5, 5.41) is 2.78. The maximum Gasteiger partial charge on any atom is 0.221 e. The second kappa shape index (κ2) is 9.13. The van der Waals surface area contributed by atoms with Crippen molar-refractivity contribution in [3.05, 3.63) is 59.9 Å². The summed E-state index contributed by atoms with van der Waals surface area (Å²) in [6.07, 6.45) is 5.11. The molecule has 0 unspecified atom stereocenters. The predicted octanol–water partition coefficient (Wildman–Crippen LogP) is 3.29. The van der Waals surface area contributed by atoms with E-state index in [4.69, 9.17) is 0 Å². The molecule has 5 nitrogen and oxygen atoms in total. The molecule has 1 aromatic carbocycles. The zero-order chi connectivity index (χ0) is 19.9. The quantitative estimate of drug-likeness (QED) is 0.704. The van der Waals surface area contributed by atoms with Gasteiger partial charge in [0.2, 0.25) is 5.91 Å². The molecule has 0 atom stereocenters. The summed E-state index contributed by atoms with van der Waals surface area (Å²) in [4.78, 5) is 16.2. The zero-order valence-corrected chi connectivity index (χ0v) is 17.1. The minimum atomic E-state index is -3.46. The summed E-state index contributed by atoms with van der Waals surface area (Å²) >= 11 is 0. The van der Waals surface area contributed by atoms with Gasteiger partial charge >= 0.3 is 0 Å². The van der Waals surface area contributed by atoms with Crippen LogP contribution in [0.4, 0.5) is 0 Å². The highest BCUT2D eigenvalue weighted by molar-refractivity contribution is 7.91. The number of hydrogen-bond acceptors (Lipinski definition) is 4. The van der Waals surface area contributed by atoms with E-state index in [1.165, 1.54) is 0 Å². The molecular weight excluding hydrogens is 360 g/mol. The molecule has 0 aliphatic heterocycles. The molecule has 0 fully saturated rings. The first-order valence-electron chi connectivity index (χ1n) is 9.17. The Labute approximate surface area is 162 Å². The number of aryl methyl sites for hydroxylation is 1. The maximum atomic E-state index is 12.4. The fraction of sp³-hybridized carbons (Fsp3) is 0.429. The van der Waals surface area contributed by atoms with Gasteiger partial charge in [0, 0.05) is 25.4 Å². The Morgan fingerprint density at radius 3 is 2.41 bits per heavy atom. The van der Waals surface area contributed by atoms with Crippen molar-refractivity contribution in [2.24, 2.45) is 0 Å². The average molecular weight is 389 g/mol. The molecule has 0 aliphatic rings. The van der Waals surface area contributed by atoms with Crippen LogP contribution in [0.2, 0.25) is 0 Å². The molecule has 1 amide bonds. The molecule has 0 radical (unpaired) electrons. The second-order valence-corrected chi connectivity index (χ2v) is 9.77. The molecule has 1 heterocycles. The van der Waals surface area contributed by atoms with E-state index < -0.39 is 9.84 Å². The van der Waals surface area contributed by atoms with E-state index in [9.17, 15) is 13.2 Å². The van der Waals surface area contributed by atoms with Crippen LogP contribution in [0.25, 0.3) is 0 Å². The Kier molecular flexibility index (Phi) is 7.13. The molecule has 0 bridgehead atoms. The van der Waals surface area contributed by atoms with Crippen molar-refractivity contribution in [1.29, 1.82) is 0 Å². The topological polar surface area (TPSA) is 76.1 Å². The van der Waals surface area contributed by atoms with Crippen molar-refractivity contribution >= 4 is 15.7 Å². The lowest BCUT2D eigenvalue weighted by Crippen LogP contribution is -2.26. The third-order valence-corrected chi connectivity index (χ3v) is 6.10. The summed E-state index contributed by atoms with van der Waals surface area (Å²) in [7, 11) is -3.46. The van der Waals surface area contributed by atoms with Gasteiger partial charge < -0.3 is 5.32 Å². The average Bonchev–Trinajstić information content (AvgIpc) is 2.64. The number of sulfone groups is 1. The van der Waals surface area contributed by atoms with E-state index in [2.05, 4.69) is 31.1 Å². The standard InChI is InChI=1S/C21H28N2O3S/c1-21(2,3)18-8-10-19(11-9-18)27(25,26)15-12-20(24)23-14-5-7-17-6-4-13-22-16-17/h4,6,8-11,13,16H,5,7,12,14-15H2,1-3H3,(H,23,24). The minimum Gasteiger partial charge on any atom is -0.356 e. The summed E-state index contributed by atoms with van der Waals surface area (Å²) in [5.74, 6) is -0.424. The molecule has 2 aromatic rings. The lowest BCUT2D eigenvalue weighted by Gasteiger charge is -2.19. The van der Waals surface area contributed by atoms with E-state index in [1.54, 1.807) is 24.5 Å². The SMILES string of the molecule is CC(C)(C)c1ccc(S(=O)(=O)CCC(=O)NCCCc2cccnc2)cc1. The number of pyridine rings is 1. The molecule has 27 heavy (non-hydrogen) atoms. The third kappa shape index (κ3) is 6.79. The first-order chi connectivity index (χ1) is 12.7. The highest BCUT2D eigenvalue weighted by Gasteiger charge is 2.18. The van der Waals surface area contributed by atoms with Gasteiger partial charge in [0.25, 0.3) is 0 Å². The van der Waals surface area contributed by atoms with Crippen LogP contribution in [0.3, 0.4) is 0 Å². The molecule has 1 aromatic heterocycles. The molecular formula is C21H28N2O3S. The van der Waals surface area contributed by atoms with Crippen molar-refractivity contribution in [2.75, 3.05) is 12.3 Å². The maximum absolute atomic E-state index is 12.4. The van der Waals surface area contributed by atoms with E-state index in [1.807, 2.05) is 24.3 Å². The van der Waals surface area contributed by atoms with Crippen LogP contribution in [-0.4, -0.2) is 31.6 Å². The summed E-state index contributed by atoms with van der Waals surface area (Å²) in [5.41, 5.74) is 2.17. The van der Waals surface area contributed by atoms with Crippen molar-refractivity contribution in [2.45, 2.75) is 50.3 Å². The van der Waals surface area contributed by atoms with Gasteiger partial charge in [-0.3, -0.25) is 9.78 Å². The van der Waals surface area contributed by atoms with Crippen molar-refractivity contribution < 1.29 is 13.2 Å². The van der Waals surface area contributed by atoms with E-state index in [-0.39, 0.29) is 28.4 Å². The molecule has 0 spiro atoms. The summed E-state index contributed by atoms with van der Waals surface area (Å²) in [6.45, 7) is 6.76. The Bertz CT molecular complexity index is 839. The fourth-order valence-electron chi connectivity index (χ4n) is 2.66. The lowest BCUT2D eigenvalue weighted by molar-refractivity contribution is -0.120. The van der Waals surface area contributed by atoms with Crippen LogP contribution in [0.5, 0.6) is 0 Å². The fourth-order valence-corrected chi connectivity index (χ4v) is 3.90. The van der Waals surface area contributed by atoms with Gasteiger partial charge in [0.1, 0.15) is 0 Å². The Morgan fingerprint density at radius 1 is 1.11 bits per heavy atom. The number of aromatic nitrogens is 1. The third-order valence-electron chi connectivity index (χ3n) is 4.36. The second-order valence-electron chi connectivity index (χ2n) is 7.66. The van der Waals surface area contributed by atoms with Crippen LogP contribution in [-0.2, 0) is 26.5 Å². The smallest absolute Gasteiger partial charge is 0.221 e. The highest BCUT2D eigenvalue weighted by Crippen LogP contribution is 2.23. The first kappa shape index (κ1) is 21.1. The summed E-state index contributed by atoms with van der Waals surface area (Å²) < 4.78 is 24.9. The normalized spacial score (nSPS) is 12.0. The van der Waals surface area contributed by atoms with E-state index in [0.29, 0.717) is 6.54 Å². The molecule has 0 aliphatic carbocycles. The van der Waals surface area contributed by atoms with Crippen LogP contribution in [0.1, 0.15) is 44.7 Å². The van der Waals surface area contributed by atoms with Gasteiger partial charge in [-0.1, -0.05) is 39.0 Å². The molecule has 6 heteroatoms. The van der Waals surface area contributed by atoms with E-state index >= 15 is 0 Å². The number of carbonyl (C=O) groups excluding carboxylic acids is 1. The monoisotopic (exact) mass is 388 g/mol. The predicted molar refractivity (Wildman–Crippen MR) is 107 cm³/mol. The Balaban J connectivity index is 1.78. The number of hydrogen-bond donors (Lipinski definition) is 1. The van der Waals surface area contributed by atoms with Crippen LogP contribution in [0.15, 0.2) is 53.7 Å². The molecule has 0 saturated carbocycles. The van der Waals surface area contributed by atoms with Gasteiger partial charge in [-0.05, 0) is 47.6 Å². The number of benzene rings is 1. The van der Waals surface area contributed by atoms with Crippen molar-refractivity contribution in [3.63, 3.8) is 0 Å². The summed E-state index contributed by atoms with van der Waals surface area (Å²) in [6, 6.07) is 10.8. The van der Waals surface area contributed by atoms with Gasteiger partial charge in [-0.15, -0.1) is 0 Å². The van der Waals surface area contributed by atoms with E-state index in [0.717, 1.165) is 24.0 Å². The van der Waals surface area contributed by atoms with Crippen LogP contribution in [0, 0.1) is 0 Å². The first-order valence-corrected chi connectivity index (χ1v) is 10.8. The van der Waals surface area contributed by atoms with Gasteiger partial charge in [-0.25, -0.2) is 8.42 Å². The number of nitrogens with zero attached hydrogens (tertiary/aromatic N) is 1. The number of carbonyl (C=O) groups is 1. The van der Waals surface area contributed by atoms with Crippen molar-refractivity contribution in [3.8, 4) is 0 Å². The molecule has 2 rings (SSSR count). The van der Waals surface area contributed by atoms with Gasteiger partial charge in [0.15, 0.2) is 9.84 Å². The number of amides is 1. The zero-order valence-electron chi connectivity index (χ0n) is 16.2. The van der Waals surface area contributed by atoms with Gasteiger partial charge in [0.05, 0.1) is 10.6 Å². The minimum absolute atomic E-state index is 0.0298. The Hall–Kier alpha value is -2.21. The molecule has 0 saturated heterocycles. The largest absolute Gasteiger partial charge is 0.356 e. The number of rotatable bonds is 8. The Morgan fingerprint density at radius 2 is 1.81 bits per heavy atom. The molecule has 1 N–H and O–H groups in total. The van der Waals surface area contributed by atoms with Crippen LogP contribution >= 0.6 is 0 Å². The number of nitrogens with one attached hydrogen (secondary N) is 1. The van der Waals surface area contributed by atoms with Crippen molar-refractivity contribution in [1.82, 2.24) is 10.3 Å². The highest BCUT2D eigenvalue weighted by atomic mass is 32.2.